The first-order chi connectivity index (χ1) is 10.5. The molecule has 22 heavy (non-hydrogen) atoms. The molecule has 7 heteroatoms. The lowest BCUT2D eigenvalue weighted by molar-refractivity contribution is -0.138. The van der Waals surface area contributed by atoms with E-state index in [2.05, 4.69) is 15.5 Å². The zero-order valence-electron chi connectivity index (χ0n) is 11.9. The molecule has 1 aromatic carbocycles. The number of nitrogens with zero attached hydrogens (tertiary/aromatic N) is 2. The summed E-state index contributed by atoms with van der Waals surface area (Å²) in [5.41, 5.74) is -0.490. The highest BCUT2D eigenvalue weighted by molar-refractivity contribution is 5.31. The topological polar surface area (TPSA) is 51.0 Å². The van der Waals surface area contributed by atoms with E-state index in [4.69, 9.17) is 4.52 Å². The maximum Gasteiger partial charge on any atom is 0.416 e. The molecule has 2 heterocycles. The maximum atomic E-state index is 13.0. The second-order valence-corrected chi connectivity index (χ2v) is 5.40. The normalized spacial score (nSPS) is 16.9. The lowest BCUT2D eigenvalue weighted by Gasteiger charge is -2.18. The minimum atomic E-state index is -4.38. The van der Waals surface area contributed by atoms with Crippen LogP contribution in [0.4, 0.5) is 13.2 Å². The van der Waals surface area contributed by atoms with Crippen molar-refractivity contribution < 1.29 is 17.7 Å². The number of piperidine rings is 1. The lowest BCUT2D eigenvalue weighted by Crippen LogP contribution is -2.26. The van der Waals surface area contributed by atoms with E-state index < -0.39 is 11.7 Å². The van der Waals surface area contributed by atoms with Gasteiger partial charge in [0.2, 0.25) is 5.89 Å². The van der Waals surface area contributed by atoms with Gasteiger partial charge in [-0.1, -0.05) is 23.4 Å². The van der Waals surface area contributed by atoms with Crippen LogP contribution in [0.15, 0.2) is 28.8 Å². The molecule has 3 rings (SSSR count). The van der Waals surface area contributed by atoms with Gasteiger partial charge in [-0.05, 0) is 37.6 Å². The van der Waals surface area contributed by atoms with Gasteiger partial charge >= 0.3 is 6.18 Å². The highest BCUT2D eigenvalue weighted by Crippen LogP contribution is 2.32. The SMILES string of the molecule is FC(F)(F)c1ccccc1Cc1noc(C2CCNCC2)n1. The largest absolute Gasteiger partial charge is 0.416 e. The monoisotopic (exact) mass is 311 g/mol. The van der Waals surface area contributed by atoms with Crippen molar-refractivity contribution in [2.75, 3.05) is 13.1 Å². The lowest BCUT2D eigenvalue weighted by atomic mass is 9.98. The summed E-state index contributed by atoms with van der Waals surface area (Å²) in [5, 5.41) is 7.08. The van der Waals surface area contributed by atoms with Crippen molar-refractivity contribution in [1.82, 2.24) is 15.5 Å². The third-order valence-electron chi connectivity index (χ3n) is 3.84. The average Bonchev–Trinajstić information content (AvgIpc) is 2.96. The van der Waals surface area contributed by atoms with Gasteiger partial charge < -0.3 is 9.84 Å². The van der Waals surface area contributed by atoms with Crippen LogP contribution in [0.2, 0.25) is 0 Å². The summed E-state index contributed by atoms with van der Waals surface area (Å²) in [6.07, 6.45) is -2.55. The van der Waals surface area contributed by atoms with E-state index in [0.29, 0.717) is 11.7 Å². The zero-order valence-corrected chi connectivity index (χ0v) is 11.9. The van der Waals surface area contributed by atoms with Gasteiger partial charge in [-0.25, -0.2) is 0 Å². The zero-order chi connectivity index (χ0) is 15.6. The standard InChI is InChI=1S/C15H16F3N3O/c16-15(17,18)12-4-2-1-3-11(12)9-13-20-14(22-21-13)10-5-7-19-8-6-10/h1-4,10,19H,5-9H2. The minimum Gasteiger partial charge on any atom is -0.339 e. The number of halogens is 3. The van der Waals surface area contributed by atoms with Crippen molar-refractivity contribution in [2.24, 2.45) is 0 Å². The number of rotatable bonds is 3. The van der Waals surface area contributed by atoms with Crippen LogP contribution in [0.1, 0.15) is 41.6 Å². The smallest absolute Gasteiger partial charge is 0.339 e. The predicted molar refractivity (Wildman–Crippen MR) is 73.4 cm³/mol. The van der Waals surface area contributed by atoms with Gasteiger partial charge in [0.1, 0.15) is 0 Å². The molecule has 0 bridgehead atoms. The molecule has 118 valence electrons. The quantitative estimate of drug-likeness (QED) is 0.946. The van der Waals surface area contributed by atoms with Crippen LogP contribution in [-0.4, -0.2) is 23.2 Å². The molecule has 0 radical (unpaired) electrons. The molecule has 1 N–H and O–H groups in total. The van der Waals surface area contributed by atoms with E-state index in [1.807, 2.05) is 0 Å². The van der Waals surface area contributed by atoms with Gasteiger partial charge in [-0.3, -0.25) is 0 Å². The number of hydrogen-bond donors (Lipinski definition) is 1. The van der Waals surface area contributed by atoms with Crippen molar-refractivity contribution in [3.8, 4) is 0 Å². The first kappa shape index (κ1) is 15.0. The number of benzene rings is 1. The van der Waals surface area contributed by atoms with E-state index in [-0.39, 0.29) is 17.9 Å². The van der Waals surface area contributed by atoms with Crippen LogP contribution in [0, 0.1) is 0 Å². The molecule has 0 unspecified atom stereocenters. The van der Waals surface area contributed by atoms with Crippen LogP contribution in [0.25, 0.3) is 0 Å². The van der Waals surface area contributed by atoms with Crippen LogP contribution in [0.3, 0.4) is 0 Å². The average molecular weight is 311 g/mol. The first-order valence-electron chi connectivity index (χ1n) is 7.22. The fourth-order valence-electron chi connectivity index (χ4n) is 2.70. The van der Waals surface area contributed by atoms with Crippen molar-refractivity contribution >= 4 is 0 Å². The molecular weight excluding hydrogens is 295 g/mol. The van der Waals surface area contributed by atoms with Crippen molar-refractivity contribution in [1.29, 1.82) is 0 Å². The third kappa shape index (κ3) is 3.30. The predicted octanol–water partition coefficient (Wildman–Crippen LogP) is 3.15. The number of alkyl halides is 3. The fraction of sp³-hybridized carbons (Fsp3) is 0.467. The minimum absolute atomic E-state index is 0.0180. The Labute approximate surface area is 125 Å². The first-order valence-corrected chi connectivity index (χ1v) is 7.22. The third-order valence-corrected chi connectivity index (χ3v) is 3.84. The molecule has 0 spiro atoms. The van der Waals surface area contributed by atoms with Crippen molar-refractivity contribution in [3.05, 3.63) is 47.1 Å². The van der Waals surface area contributed by atoms with E-state index >= 15 is 0 Å². The second-order valence-electron chi connectivity index (χ2n) is 5.40. The molecule has 1 aliphatic heterocycles. The molecule has 1 aromatic heterocycles. The molecule has 0 atom stereocenters. The Bertz CT molecular complexity index is 633. The van der Waals surface area contributed by atoms with Gasteiger partial charge in [0.05, 0.1) is 5.56 Å². The fourth-order valence-corrected chi connectivity index (χ4v) is 2.70. The Morgan fingerprint density at radius 2 is 1.91 bits per heavy atom. The van der Waals surface area contributed by atoms with Crippen LogP contribution >= 0.6 is 0 Å². The van der Waals surface area contributed by atoms with Gasteiger partial charge in [0, 0.05) is 12.3 Å². The number of nitrogens with one attached hydrogen (secondary N) is 1. The van der Waals surface area contributed by atoms with Gasteiger partial charge in [-0.15, -0.1) is 0 Å². The Balaban J connectivity index is 1.78. The van der Waals surface area contributed by atoms with E-state index in [1.165, 1.54) is 12.1 Å². The Morgan fingerprint density at radius 1 is 1.18 bits per heavy atom. The number of hydrogen-bond acceptors (Lipinski definition) is 4. The summed E-state index contributed by atoms with van der Waals surface area (Å²) in [4.78, 5) is 4.28. The Kier molecular flexibility index (Phi) is 4.15. The van der Waals surface area contributed by atoms with E-state index in [1.54, 1.807) is 6.07 Å². The molecule has 4 nitrogen and oxygen atoms in total. The second kappa shape index (κ2) is 6.08. The Hall–Kier alpha value is -1.89. The molecular formula is C15H16F3N3O. The highest BCUT2D eigenvalue weighted by Gasteiger charge is 2.33. The molecule has 0 aliphatic carbocycles. The van der Waals surface area contributed by atoms with Crippen LogP contribution in [0.5, 0.6) is 0 Å². The summed E-state index contributed by atoms with van der Waals surface area (Å²) in [6.45, 7) is 1.78. The Morgan fingerprint density at radius 3 is 2.64 bits per heavy atom. The molecule has 1 aliphatic rings. The van der Waals surface area contributed by atoms with Crippen LogP contribution in [-0.2, 0) is 12.6 Å². The highest BCUT2D eigenvalue weighted by atomic mass is 19.4. The van der Waals surface area contributed by atoms with Gasteiger partial charge in [-0.2, -0.15) is 18.2 Å². The summed E-state index contributed by atoms with van der Waals surface area (Å²) in [6, 6.07) is 5.48. The molecule has 0 saturated carbocycles. The molecule has 2 aromatic rings. The van der Waals surface area contributed by atoms with Gasteiger partial charge in [0.25, 0.3) is 0 Å². The summed E-state index contributed by atoms with van der Waals surface area (Å²) in [7, 11) is 0. The summed E-state index contributed by atoms with van der Waals surface area (Å²) in [5.74, 6) is 1.02. The molecule has 0 amide bonds. The van der Waals surface area contributed by atoms with E-state index in [0.717, 1.165) is 32.0 Å². The maximum absolute atomic E-state index is 13.0. The van der Waals surface area contributed by atoms with Crippen LogP contribution < -0.4 is 5.32 Å². The summed E-state index contributed by atoms with van der Waals surface area (Å²) >= 11 is 0. The van der Waals surface area contributed by atoms with Gasteiger partial charge in [0.15, 0.2) is 5.82 Å². The summed E-state index contributed by atoms with van der Waals surface area (Å²) < 4.78 is 44.2. The number of aromatic nitrogens is 2. The van der Waals surface area contributed by atoms with Crippen molar-refractivity contribution in [2.45, 2.75) is 31.4 Å². The van der Waals surface area contributed by atoms with E-state index in [9.17, 15) is 13.2 Å². The van der Waals surface area contributed by atoms with Crippen molar-refractivity contribution in [3.63, 3.8) is 0 Å². The molecule has 1 saturated heterocycles. The molecule has 1 fully saturated rings.